The van der Waals surface area contributed by atoms with E-state index in [1.54, 1.807) is 0 Å². The Kier molecular flexibility index (Phi) is 7.66. The average Bonchev–Trinajstić information content (AvgIpc) is 2.63. The van der Waals surface area contributed by atoms with Gasteiger partial charge in [-0.25, -0.2) is 13.1 Å². The Hall–Kier alpha value is -1.69. The Labute approximate surface area is 164 Å². The summed E-state index contributed by atoms with van der Waals surface area (Å²) in [4.78, 5) is -0.711. The van der Waals surface area contributed by atoms with E-state index in [0.717, 1.165) is 50.3 Å². The molecule has 0 heterocycles. The predicted octanol–water partition coefficient (Wildman–Crippen LogP) is 4.43. The number of hydrogen-bond acceptors (Lipinski definition) is 4. The first kappa shape index (κ1) is 23.6. The monoisotopic (exact) mass is 449 g/mol. The molecule has 166 valence electrons. The van der Waals surface area contributed by atoms with Crippen molar-refractivity contribution in [1.82, 2.24) is 4.72 Å². The van der Waals surface area contributed by atoms with Crippen molar-refractivity contribution in [2.75, 3.05) is 19.8 Å². The van der Waals surface area contributed by atoms with Crippen LogP contribution >= 0.6 is 0 Å². The molecule has 1 N–H and O–H groups in total. The van der Waals surface area contributed by atoms with Crippen LogP contribution in [0.3, 0.4) is 0 Å². The zero-order valence-corrected chi connectivity index (χ0v) is 16.1. The highest BCUT2D eigenvalue weighted by Crippen LogP contribution is 2.31. The molecule has 12 heteroatoms. The quantitative estimate of drug-likeness (QED) is 0.597. The van der Waals surface area contributed by atoms with E-state index in [9.17, 15) is 34.8 Å². The zero-order chi connectivity index (χ0) is 21.7. The van der Waals surface area contributed by atoms with Gasteiger partial charge in [0.05, 0.1) is 0 Å². The van der Waals surface area contributed by atoms with Crippen molar-refractivity contribution >= 4 is 10.0 Å². The normalized spacial score (nSPS) is 16.6. The number of sulfonamides is 1. The van der Waals surface area contributed by atoms with Crippen molar-refractivity contribution in [3.8, 4) is 11.5 Å². The van der Waals surface area contributed by atoms with E-state index < -0.39 is 52.0 Å². The molecule has 0 saturated heterocycles. The van der Waals surface area contributed by atoms with Gasteiger partial charge in [-0.1, -0.05) is 19.3 Å². The smallest absolute Gasteiger partial charge is 0.422 e. The minimum atomic E-state index is -4.72. The van der Waals surface area contributed by atoms with Crippen LogP contribution < -0.4 is 14.2 Å². The summed E-state index contributed by atoms with van der Waals surface area (Å²) >= 11 is 0. The Bertz CT molecular complexity index is 773. The number of ether oxygens (including phenoxy) is 2. The standard InChI is InChI=1S/C17H21F6NO4S/c18-16(19,20)10-27-13-6-7-14(28-11-17(21,22)23)15(8-13)29(25,26)24-9-12-4-2-1-3-5-12/h6-8,12,24H,1-5,9-11H2. The van der Waals surface area contributed by atoms with E-state index in [1.807, 2.05) is 0 Å². The summed E-state index contributed by atoms with van der Waals surface area (Å²) in [6, 6.07) is 2.48. The molecule has 0 radical (unpaired) electrons. The molecule has 0 atom stereocenters. The fourth-order valence-corrected chi connectivity index (χ4v) is 4.20. The lowest BCUT2D eigenvalue weighted by molar-refractivity contribution is -0.154. The maximum atomic E-state index is 12.6. The molecule has 0 aliphatic heterocycles. The number of alkyl halides is 6. The van der Waals surface area contributed by atoms with Crippen LogP contribution in [0.15, 0.2) is 23.1 Å². The zero-order valence-electron chi connectivity index (χ0n) is 15.3. The number of benzene rings is 1. The molecule has 29 heavy (non-hydrogen) atoms. The van der Waals surface area contributed by atoms with Crippen molar-refractivity contribution in [3.05, 3.63) is 18.2 Å². The molecule has 1 aromatic rings. The molecule has 0 amide bonds. The highest BCUT2D eigenvalue weighted by atomic mass is 32.2. The van der Waals surface area contributed by atoms with Crippen LogP contribution in [-0.4, -0.2) is 40.5 Å². The second-order valence-electron chi connectivity index (χ2n) is 6.77. The van der Waals surface area contributed by atoms with Gasteiger partial charge in [-0.05, 0) is 30.9 Å². The van der Waals surface area contributed by atoms with Crippen molar-refractivity contribution in [2.45, 2.75) is 49.4 Å². The Morgan fingerprint density at radius 2 is 1.52 bits per heavy atom. The lowest BCUT2D eigenvalue weighted by Crippen LogP contribution is -2.31. The lowest BCUT2D eigenvalue weighted by atomic mass is 9.90. The summed E-state index contributed by atoms with van der Waals surface area (Å²) in [6.45, 7) is -3.35. The third kappa shape index (κ3) is 8.29. The van der Waals surface area contributed by atoms with Gasteiger partial charge < -0.3 is 9.47 Å². The molecule has 1 aliphatic carbocycles. The van der Waals surface area contributed by atoms with Gasteiger partial charge in [0.15, 0.2) is 13.2 Å². The first-order valence-electron chi connectivity index (χ1n) is 8.88. The maximum Gasteiger partial charge on any atom is 0.422 e. The van der Waals surface area contributed by atoms with E-state index in [-0.39, 0.29) is 12.5 Å². The average molecular weight is 449 g/mol. The van der Waals surface area contributed by atoms with Crippen molar-refractivity contribution in [2.24, 2.45) is 5.92 Å². The summed E-state index contributed by atoms with van der Waals surface area (Å²) in [5.41, 5.74) is 0. The summed E-state index contributed by atoms with van der Waals surface area (Å²) < 4.78 is 111. The van der Waals surface area contributed by atoms with E-state index >= 15 is 0 Å². The van der Waals surface area contributed by atoms with Gasteiger partial charge in [-0.3, -0.25) is 0 Å². The largest absolute Gasteiger partial charge is 0.484 e. The van der Waals surface area contributed by atoms with Gasteiger partial charge >= 0.3 is 12.4 Å². The highest BCUT2D eigenvalue weighted by molar-refractivity contribution is 7.89. The molecular weight excluding hydrogens is 428 g/mol. The lowest BCUT2D eigenvalue weighted by Gasteiger charge is -2.22. The first-order chi connectivity index (χ1) is 13.4. The summed E-state index contributed by atoms with van der Waals surface area (Å²) in [7, 11) is -4.34. The number of halogens is 6. The van der Waals surface area contributed by atoms with Crippen LogP contribution in [0.1, 0.15) is 32.1 Å². The summed E-state index contributed by atoms with van der Waals surface area (Å²) in [5, 5.41) is 0. The van der Waals surface area contributed by atoms with Crippen molar-refractivity contribution in [1.29, 1.82) is 0 Å². The molecule has 2 rings (SSSR count). The summed E-state index contributed by atoms with van der Waals surface area (Å²) in [5.74, 6) is -1.000. The third-order valence-electron chi connectivity index (χ3n) is 4.29. The van der Waals surface area contributed by atoms with Gasteiger partial charge in [-0.2, -0.15) is 26.3 Å². The Balaban J connectivity index is 2.22. The number of rotatable bonds is 8. The SMILES string of the molecule is O=S(=O)(NCC1CCCCC1)c1cc(OCC(F)(F)F)ccc1OCC(F)(F)F. The van der Waals surface area contributed by atoms with Crippen LogP contribution in [0.4, 0.5) is 26.3 Å². The minimum absolute atomic E-state index is 0.0781. The Morgan fingerprint density at radius 3 is 2.10 bits per heavy atom. The molecule has 1 aromatic carbocycles. The molecular formula is C17H21F6NO4S. The molecule has 0 spiro atoms. The third-order valence-corrected chi connectivity index (χ3v) is 5.73. The van der Waals surface area contributed by atoms with E-state index in [1.165, 1.54) is 0 Å². The van der Waals surface area contributed by atoms with Gasteiger partial charge in [-0.15, -0.1) is 0 Å². The van der Waals surface area contributed by atoms with Crippen LogP contribution in [0.5, 0.6) is 11.5 Å². The van der Waals surface area contributed by atoms with Crippen LogP contribution in [0, 0.1) is 5.92 Å². The van der Waals surface area contributed by atoms with Gasteiger partial charge in [0, 0.05) is 12.6 Å². The van der Waals surface area contributed by atoms with E-state index in [0.29, 0.717) is 0 Å². The second-order valence-corrected chi connectivity index (χ2v) is 8.51. The fraction of sp³-hybridized carbons (Fsp3) is 0.647. The first-order valence-corrected chi connectivity index (χ1v) is 10.4. The van der Waals surface area contributed by atoms with Gasteiger partial charge in [0.25, 0.3) is 0 Å². The van der Waals surface area contributed by atoms with Crippen LogP contribution in [-0.2, 0) is 10.0 Å². The van der Waals surface area contributed by atoms with E-state index in [2.05, 4.69) is 14.2 Å². The van der Waals surface area contributed by atoms with Gasteiger partial charge in [0.1, 0.15) is 16.4 Å². The maximum absolute atomic E-state index is 12.6. The topological polar surface area (TPSA) is 64.6 Å². The minimum Gasteiger partial charge on any atom is -0.484 e. The fourth-order valence-electron chi connectivity index (χ4n) is 2.93. The molecule has 1 aliphatic rings. The molecule has 0 aromatic heterocycles. The number of hydrogen-bond donors (Lipinski definition) is 1. The molecule has 1 saturated carbocycles. The van der Waals surface area contributed by atoms with Crippen molar-refractivity contribution in [3.63, 3.8) is 0 Å². The van der Waals surface area contributed by atoms with Gasteiger partial charge in [0.2, 0.25) is 10.0 Å². The molecule has 0 unspecified atom stereocenters. The van der Waals surface area contributed by atoms with E-state index in [4.69, 9.17) is 0 Å². The molecule has 5 nitrogen and oxygen atoms in total. The van der Waals surface area contributed by atoms with Crippen LogP contribution in [0.2, 0.25) is 0 Å². The molecule has 0 bridgehead atoms. The van der Waals surface area contributed by atoms with Crippen molar-refractivity contribution < 1.29 is 44.2 Å². The highest BCUT2D eigenvalue weighted by Gasteiger charge is 2.31. The Morgan fingerprint density at radius 1 is 0.931 bits per heavy atom. The molecule has 1 fully saturated rings. The second kappa shape index (κ2) is 9.41. The van der Waals surface area contributed by atoms with Crippen LogP contribution in [0.25, 0.3) is 0 Å². The summed E-state index contributed by atoms with van der Waals surface area (Å²) in [6.07, 6.45) is -4.80. The number of nitrogens with one attached hydrogen (secondary N) is 1. The predicted molar refractivity (Wildman–Crippen MR) is 91.3 cm³/mol.